The second-order valence-electron chi connectivity index (χ2n) is 9.70. The van der Waals surface area contributed by atoms with Gasteiger partial charge in [-0.2, -0.15) is 0 Å². The lowest BCUT2D eigenvalue weighted by atomic mass is 9.99. The summed E-state index contributed by atoms with van der Waals surface area (Å²) >= 11 is 0. The highest BCUT2D eigenvalue weighted by Crippen LogP contribution is 2.32. The predicted octanol–water partition coefficient (Wildman–Crippen LogP) is 4.77. The van der Waals surface area contributed by atoms with Crippen molar-refractivity contribution in [2.45, 2.75) is 70.6 Å². The topological polar surface area (TPSA) is 59.1 Å². The highest BCUT2D eigenvalue weighted by molar-refractivity contribution is 5.87. The molecule has 2 fully saturated rings. The van der Waals surface area contributed by atoms with Crippen molar-refractivity contribution in [1.82, 2.24) is 9.80 Å². The molecular weight excluding hydrogens is 428 g/mol. The molecule has 1 heterocycles. The minimum atomic E-state index is 0.0236. The molecule has 0 aromatic heterocycles. The van der Waals surface area contributed by atoms with E-state index in [9.17, 15) is 9.59 Å². The third-order valence-corrected chi connectivity index (χ3v) is 6.84. The molecule has 1 saturated heterocycles. The summed E-state index contributed by atoms with van der Waals surface area (Å²) in [5.41, 5.74) is 2.17. The van der Waals surface area contributed by atoms with Crippen molar-refractivity contribution in [1.29, 1.82) is 0 Å². The largest absolute Gasteiger partial charge is 0.493 e. The summed E-state index contributed by atoms with van der Waals surface area (Å²) in [6.45, 7) is 5.21. The monoisotopic (exact) mass is 464 g/mol. The van der Waals surface area contributed by atoms with Gasteiger partial charge in [-0.3, -0.25) is 9.59 Å². The molecule has 0 bridgehead atoms. The van der Waals surface area contributed by atoms with Crippen LogP contribution in [-0.4, -0.2) is 54.0 Å². The van der Waals surface area contributed by atoms with Gasteiger partial charge in [-0.25, -0.2) is 0 Å². The van der Waals surface area contributed by atoms with Crippen molar-refractivity contribution in [2.24, 2.45) is 0 Å². The number of carbonyl (C=O) groups excluding carboxylic acids is 2. The van der Waals surface area contributed by atoms with Gasteiger partial charge in [-0.1, -0.05) is 49.2 Å². The molecule has 2 aromatic carbocycles. The molecule has 1 atom stereocenters. The Balaban J connectivity index is 1.48. The van der Waals surface area contributed by atoms with E-state index >= 15 is 0 Å². The van der Waals surface area contributed by atoms with Crippen LogP contribution in [0.5, 0.6) is 11.5 Å². The molecule has 1 aliphatic heterocycles. The van der Waals surface area contributed by atoms with E-state index in [1.807, 2.05) is 55.1 Å². The molecule has 2 aliphatic rings. The molecule has 0 radical (unpaired) electrons. The molecule has 182 valence electrons. The molecule has 4 rings (SSSR count). The van der Waals surface area contributed by atoms with Crippen LogP contribution in [0, 0.1) is 0 Å². The summed E-state index contributed by atoms with van der Waals surface area (Å²) < 4.78 is 11.4. The van der Waals surface area contributed by atoms with Crippen LogP contribution in [0.15, 0.2) is 48.5 Å². The van der Waals surface area contributed by atoms with E-state index < -0.39 is 0 Å². The number of ether oxygens (including phenoxy) is 2. The summed E-state index contributed by atoms with van der Waals surface area (Å²) in [5.74, 6) is 1.61. The van der Waals surface area contributed by atoms with Crippen molar-refractivity contribution >= 4 is 11.8 Å². The SMILES string of the molecule is COc1ccc(CN(C(=O)CN2C[C@@H](c3ccccc3)CC2=O)C2CCCC2)cc1OC(C)C. The van der Waals surface area contributed by atoms with Gasteiger partial charge in [0.05, 0.1) is 19.8 Å². The van der Waals surface area contributed by atoms with Crippen LogP contribution in [-0.2, 0) is 16.1 Å². The number of amides is 2. The zero-order chi connectivity index (χ0) is 24.1. The zero-order valence-corrected chi connectivity index (χ0v) is 20.5. The molecule has 1 saturated carbocycles. The van der Waals surface area contributed by atoms with Crippen molar-refractivity contribution in [2.75, 3.05) is 20.2 Å². The van der Waals surface area contributed by atoms with Crippen molar-refractivity contribution in [3.05, 3.63) is 59.7 Å². The van der Waals surface area contributed by atoms with Crippen LogP contribution in [0.3, 0.4) is 0 Å². The van der Waals surface area contributed by atoms with Gasteiger partial charge in [-0.05, 0) is 49.9 Å². The minimum absolute atomic E-state index is 0.0236. The lowest BCUT2D eigenvalue weighted by Crippen LogP contribution is -2.44. The summed E-state index contributed by atoms with van der Waals surface area (Å²) in [4.78, 5) is 30.0. The molecule has 0 unspecified atom stereocenters. The van der Waals surface area contributed by atoms with Gasteiger partial charge >= 0.3 is 0 Å². The lowest BCUT2D eigenvalue weighted by Gasteiger charge is -2.31. The molecule has 6 heteroatoms. The summed E-state index contributed by atoms with van der Waals surface area (Å²) in [6.07, 6.45) is 4.79. The molecule has 6 nitrogen and oxygen atoms in total. The number of likely N-dealkylation sites (tertiary alicyclic amines) is 1. The quantitative estimate of drug-likeness (QED) is 0.536. The molecule has 0 spiro atoms. The number of nitrogens with zero attached hydrogens (tertiary/aromatic N) is 2. The molecule has 2 amide bonds. The number of benzene rings is 2. The number of methoxy groups -OCH3 is 1. The zero-order valence-electron chi connectivity index (χ0n) is 20.5. The van der Waals surface area contributed by atoms with E-state index in [-0.39, 0.29) is 36.4 Å². The van der Waals surface area contributed by atoms with Crippen LogP contribution < -0.4 is 9.47 Å². The Kier molecular flexibility index (Phi) is 7.76. The maximum Gasteiger partial charge on any atom is 0.242 e. The number of rotatable bonds is 9. The smallest absolute Gasteiger partial charge is 0.242 e. The number of hydrogen-bond donors (Lipinski definition) is 0. The van der Waals surface area contributed by atoms with E-state index in [0.717, 1.165) is 36.8 Å². The summed E-state index contributed by atoms with van der Waals surface area (Å²) in [5, 5.41) is 0. The standard InChI is InChI=1S/C28H36N2O4/c1-20(2)34-26-15-21(13-14-25(26)33-3)17-30(24-11-7-8-12-24)28(32)19-29-18-23(16-27(29)31)22-9-5-4-6-10-22/h4-6,9-10,13-15,20,23-24H,7-8,11-12,16-19H2,1-3H3/t23-/m0/s1. The van der Waals surface area contributed by atoms with Gasteiger partial charge in [0.1, 0.15) is 0 Å². The first-order valence-electron chi connectivity index (χ1n) is 12.4. The maximum atomic E-state index is 13.5. The fraction of sp³-hybridized carbons (Fsp3) is 0.500. The van der Waals surface area contributed by atoms with Crippen LogP contribution >= 0.6 is 0 Å². The lowest BCUT2D eigenvalue weighted by molar-refractivity contribution is -0.140. The Morgan fingerprint density at radius 3 is 2.50 bits per heavy atom. The third-order valence-electron chi connectivity index (χ3n) is 6.84. The minimum Gasteiger partial charge on any atom is -0.493 e. The van der Waals surface area contributed by atoms with Crippen molar-refractivity contribution < 1.29 is 19.1 Å². The Bertz CT molecular complexity index is 985. The predicted molar refractivity (Wildman–Crippen MR) is 132 cm³/mol. The van der Waals surface area contributed by atoms with Crippen molar-refractivity contribution in [3.63, 3.8) is 0 Å². The second-order valence-corrected chi connectivity index (χ2v) is 9.70. The Morgan fingerprint density at radius 2 is 1.82 bits per heavy atom. The van der Waals surface area contributed by atoms with Gasteiger partial charge < -0.3 is 19.3 Å². The normalized spacial score (nSPS) is 18.5. The number of hydrogen-bond acceptors (Lipinski definition) is 4. The van der Waals surface area contributed by atoms with E-state index in [4.69, 9.17) is 9.47 Å². The van der Waals surface area contributed by atoms with Crippen molar-refractivity contribution in [3.8, 4) is 11.5 Å². The maximum absolute atomic E-state index is 13.5. The summed E-state index contributed by atoms with van der Waals surface area (Å²) in [6, 6.07) is 16.2. The third kappa shape index (κ3) is 5.72. The number of carbonyl (C=O) groups is 2. The molecule has 2 aromatic rings. The average molecular weight is 465 g/mol. The van der Waals surface area contributed by atoms with Gasteiger partial charge in [0, 0.05) is 31.5 Å². The van der Waals surface area contributed by atoms with Gasteiger partial charge in [0.15, 0.2) is 11.5 Å². The van der Waals surface area contributed by atoms with Gasteiger partial charge in [0.25, 0.3) is 0 Å². The Hall–Kier alpha value is -3.02. The Morgan fingerprint density at radius 1 is 1.09 bits per heavy atom. The fourth-order valence-corrected chi connectivity index (χ4v) is 5.13. The highest BCUT2D eigenvalue weighted by atomic mass is 16.5. The van der Waals surface area contributed by atoms with Crippen LogP contribution in [0.4, 0.5) is 0 Å². The van der Waals surface area contributed by atoms with E-state index in [1.165, 1.54) is 0 Å². The molecule has 0 N–H and O–H groups in total. The van der Waals surface area contributed by atoms with Crippen LogP contribution in [0.25, 0.3) is 0 Å². The first-order chi connectivity index (χ1) is 16.4. The Labute approximate surface area is 202 Å². The second kappa shape index (κ2) is 10.9. The molecule has 34 heavy (non-hydrogen) atoms. The average Bonchev–Trinajstić information content (AvgIpc) is 3.48. The van der Waals surface area contributed by atoms with Gasteiger partial charge in [0.2, 0.25) is 11.8 Å². The highest BCUT2D eigenvalue weighted by Gasteiger charge is 2.34. The summed E-state index contributed by atoms with van der Waals surface area (Å²) in [7, 11) is 1.63. The van der Waals surface area contributed by atoms with Crippen LogP contribution in [0.2, 0.25) is 0 Å². The molecule has 1 aliphatic carbocycles. The van der Waals surface area contributed by atoms with Gasteiger partial charge in [-0.15, -0.1) is 0 Å². The van der Waals surface area contributed by atoms with Crippen LogP contribution in [0.1, 0.15) is 63.0 Å². The van der Waals surface area contributed by atoms with E-state index in [2.05, 4.69) is 12.1 Å². The fourth-order valence-electron chi connectivity index (χ4n) is 5.13. The molecular formula is C28H36N2O4. The first-order valence-corrected chi connectivity index (χ1v) is 12.4. The first kappa shape index (κ1) is 24.1. The van der Waals surface area contributed by atoms with E-state index in [0.29, 0.717) is 31.0 Å². The van der Waals surface area contributed by atoms with E-state index in [1.54, 1.807) is 12.0 Å².